The Morgan fingerprint density at radius 2 is 2.38 bits per heavy atom. The molecule has 1 atom stereocenters. The molecule has 0 bridgehead atoms. The topological polar surface area (TPSA) is 63.7 Å². The minimum atomic E-state index is -3.01. The Hall–Kier alpha value is -1.18. The van der Waals surface area contributed by atoms with Gasteiger partial charge in [0.1, 0.15) is 0 Å². The third-order valence-electron chi connectivity index (χ3n) is 3.43. The van der Waals surface area contributed by atoms with Gasteiger partial charge in [-0.3, -0.25) is 4.79 Å². The van der Waals surface area contributed by atoms with E-state index in [1.807, 2.05) is 16.8 Å². The van der Waals surface area contributed by atoms with Gasteiger partial charge in [-0.15, -0.1) is 0 Å². The number of hydrogen-bond donors (Lipinski definition) is 0. The largest absolute Gasteiger partial charge is 0.383 e. The van der Waals surface area contributed by atoms with E-state index < -0.39 is 9.84 Å². The van der Waals surface area contributed by atoms with Gasteiger partial charge in [0.05, 0.1) is 18.1 Å². The van der Waals surface area contributed by atoms with Crippen LogP contribution in [0.15, 0.2) is 22.9 Å². The van der Waals surface area contributed by atoms with Crippen LogP contribution in [0.4, 0.5) is 0 Å². The van der Waals surface area contributed by atoms with E-state index in [1.165, 1.54) is 6.08 Å². The van der Waals surface area contributed by atoms with E-state index in [0.717, 1.165) is 5.56 Å². The summed E-state index contributed by atoms with van der Waals surface area (Å²) in [5.41, 5.74) is 0.971. The number of rotatable bonds is 6. The van der Waals surface area contributed by atoms with Crippen LogP contribution in [-0.2, 0) is 19.4 Å². The molecule has 1 aliphatic heterocycles. The van der Waals surface area contributed by atoms with Crippen molar-refractivity contribution >= 4 is 33.2 Å². The van der Waals surface area contributed by atoms with Crippen molar-refractivity contribution in [2.24, 2.45) is 0 Å². The van der Waals surface area contributed by atoms with E-state index in [2.05, 4.69) is 0 Å². The van der Waals surface area contributed by atoms with Crippen molar-refractivity contribution in [3.8, 4) is 0 Å². The van der Waals surface area contributed by atoms with Crippen molar-refractivity contribution in [3.05, 3.63) is 28.5 Å². The fraction of sp³-hybridized carbons (Fsp3) is 0.500. The normalized spacial score (nSPS) is 20.9. The molecular weight excluding hydrogens is 310 g/mol. The second kappa shape index (κ2) is 7.20. The number of thiophene rings is 1. The molecule has 2 heterocycles. The second-order valence-corrected chi connectivity index (χ2v) is 7.98. The number of amides is 1. The third-order valence-corrected chi connectivity index (χ3v) is 5.88. The number of ether oxygens (including phenoxy) is 1. The fourth-order valence-electron chi connectivity index (χ4n) is 2.32. The Bertz CT molecular complexity index is 593. The highest BCUT2D eigenvalue weighted by Crippen LogP contribution is 2.18. The average molecular weight is 329 g/mol. The second-order valence-electron chi connectivity index (χ2n) is 4.97. The quantitative estimate of drug-likeness (QED) is 0.741. The molecule has 21 heavy (non-hydrogen) atoms. The molecule has 0 aromatic carbocycles. The number of methoxy groups -OCH3 is 1. The lowest BCUT2D eigenvalue weighted by Crippen LogP contribution is -2.42. The average Bonchev–Trinajstić information content (AvgIpc) is 3.06. The van der Waals surface area contributed by atoms with Crippen LogP contribution in [-0.4, -0.2) is 57.0 Å². The van der Waals surface area contributed by atoms with Crippen LogP contribution in [0.1, 0.15) is 12.0 Å². The first-order valence-corrected chi connectivity index (χ1v) is 9.48. The van der Waals surface area contributed by atoms with Gasteiger partial charge in [-0.05, 0) is 34.9 Å². The SMILES string of the molecule is COCCN(C(=O)/C=C/c1ccsc1)C1CCS(=O)(=O)C1. The molecule has 116 valence electrons. The summed E-state index contributed by atoms with van der Waals surface area (Å²) in [6.45, 7) is 0.804. The third kappa shape index (κ3) is 4.66. The van der Waals surface area contributed by atoms with Crippen molar-refractivity contribution in [2.75, 3.05) is 31.8 Å². The maximum atomic E-state index is 12.3. The van der Waals surface area contributed by atoms with E-state index in [9.17, 15) is 13.2 Å². The van der Waals surface area contributed by atoms with Crippen molar-refractivity contribution < 1.29 is 17.9 Å². The van der Waals surface area contributed by atoms with Crippen molar-refractivity contribution in [3.63, 3.8) is 0 Å². The van der Waals surface area contributed by atoms with E-state index in [4.69, 9.17) is 4.74 Å². The Kier molecular flexibility index (Phi) is 5.55. The van der Waals surface area contributed by atoms with Gasteiger partial charge >= 0.3 is 0 Å². The van der Waals surface area contributed by atoms with Gasteiger partial charge in [0.2, 0.25) is 5.91 Å². The summed E-state index contributed by atoms with van der Waals surface area (Å²) in [4.78, 5) is 13.9. The van der Waals surface area contributed by atoms with E-state index in [1.54, 1.807) is 29.4 Å². The zero-order valence-corrected chi connectivity index (χ0v) is 13.5. The van der Waals surface area contributed by atoms with Crippen LogP contribution in [0.2, 0.25) is 0 Å². The van der Waals surface area contributed by atoms with Gasteiger partial charge in [-0.2, -0.15) is 11.3 Å². The molecule has 0 aliphatic carbocycles. The molecule has 0 radical (unpaired) electrons. The first kappa shape index (κ1) is 16.2. The molecule has 1 fully saturated rings. The van der Waals surface area contributed by atoms with Crippen LogP contribution < -0.4 is 0 Å². The van der Waals surface area contributed by atoms with Crippen LogP contribution >= 0.6 is 11.3 Å². The van der Waals surface area contributed by atoms with Gasteiger partial charge in [0.15, 0.2) is 9.84 Å². The Balaban J connectivity index is 2.06. The molecular formula is C14H19NO4S2. The predicted octanol–water partition coefficient (Wildman–Crippen LogP) is 1.42. The highest BCUT2D eigenvalue weighted by atomic mass is 32.2. The fourth-order valence-corrected chi connectivity index (χ4v) is 4.68. The number of nitrogens with zero attached hydrogens (tertiary/aromatic N) is 1. The minimum Gasteiger partial charge on any atom is -0.383 e. The number of carbonyl (C=O) groups is 1. The molecule has 5 nitrogen and oxygen atoms in total. The zero-order valence-electron chi connectivity index (χ0n) is 11.9. The Morgan fingerprint density at radius 1 is 1.57 bits per heavy atom. The maximum absolute atomic E-state index is 12.3. The Labute approximate surface area is 129 Å². The predicted molar refractivity (Wildman–Crippen MR) is 84.0 cm³/mol. The van der Waals surface area contributed by atoms with Gasteiger partial charge in [-0.1, -0.05) is 0 Å². The van der Waals surface area contributed by atoms with E-state index in [-0.39, 0.29) is 23.5 Å². The monoisotopic (exact) mass is 329 g/mol. The number of carbonyl (C=O) groups excluding carboxylic acids is 1. The lowest BCUT2D eigenvalue weighted by Gasteiger charge is -2.26. The van der Waals surface area contributed by atoms with Crippen LogP contribution in [0.25, 0.3) is 6.08 Å². The standard InChI is InChI=1S/C14H19NO4S2/c1-19-7-6-15(13-5-9-21(17,18)11-13)14(16)3-2-12-4-8-20-10-12/h2-4,8,10,13H,5-7,9,11H2,1H3/b3-2+. The van der Waals surface area contributed by atoms with E-state index in [0.29, 0.717) is 19.6 Å². The molecule has 0 saturated carbocycles. The molecule has 7 heteroatoms. The van der Waals surface area contributed by atoms with Crippen LogP contribution in [0.3, 0.4) is 0 Å². The summed E-state index contributed by atoms with van der Waals surface area (Å²) < 4.78 is 28.2. The molecule has 1 unspecified atom stereocenters. The van der Waals surface area contributed by atoms with Crippen molar-refractivity contribution in [2.45, 2.75) is 12.5 Å². The highest BCUT2D eigenvalue weighted by Gasteiger charge is 2.33. The zero-order chi connectivity index (χ0) is 15.3. The molecule has 1 saturated heterocycles. The first-order valence-electron chi connectivity index (χ1n) is 6.72. The van der Waals surface area contributed by atoms with Crippen LogP contribution in [0, 0.1) is 0 Å². The number of hydrogen-bond acceptors (Lipinski definition) is 5. The molecule has 1 aliphatic rings. The van der Waals surface area contributed by atoms with Crippen molar-refractivity contribution in [1.82, 2.24) is 4.90 Å². The smallest absolute Gasteiger partial charge is 0.246 e. The lowest BCUT2D eigenvalue weighted by molar-refractivity contribution is -0.128. The summed E-state index contributed by atoms with van der Waals surface area (Å²) in [7, 11) is -1.45. The molecule has 0 N–H and O–H groups in total. The lowest BCUT2D eigenvalue weighted by atomic mass is 10.2. The molecule has 1 aromatic heterocycles. The summed E-state index contributed by atoms with van der Waals surface area (Å²) in [6.07, 6.45) is 3.76. The summed E-state index contributed by atoms with van der Waals surface area (Å²) >= 11 is 1.56. The molecule has 0 spiro atoms. The summed E-state index contributed by atoms with van der Waals surface area (Å²) in [6, 6.07) is 1.68. The Morgan fingerprint density at radius 3 is 2.95 bits per heavy atom. The maximum Gasteiger partial charge on any atom is 0.246 e. The summed E-state index contributed by atoms with van der Waals surface area (Å²) in [5.74, 6) is 0.0394. The molecule has 1 aromatic rings. The minimum absolute atomic E-state index is 0.0503. The van der Waals surface area contributed by atoms with Crippen LogP contribution in [0.5, 0.6) is 0 Å². The molecule has 1 amide bonds. The van der Waals surface area contributed by atoms with Gasteiger partial charge in [-0.25, -0.2) is 8.42 Å². The van der Waals surface area contributed by atoms with Gasteiger partial charge < -0.3 is 9.64 Å². The van der Waals surface area contributed by atoms with E-state index >= 15 is 0 Å². The van der Waals surface area contributed by atoms with Gasteiger partial charge in [0, 0.05) is 25.8 Å². The van der Waals surface area contributed by atoms with Gasteiger partial charge in [0.25, 0.3) is 0 Å². The number of sulfone groups is 1. The first-order chi connectivity index (χ1) is 10.0. The highest BCUT2D eigenvalue weighted by molar-refractivity contribution is 7.91. The van der Waals surface area contributed by atoms with Crippen molar-refractivity contribution in [1.29, 1.82) is 0 Å². The summed E-state index contributed by atoms with van der Waals surface area (Å²) in [5, 5.41) is 3.89. The molecule has 2 rings (SSSR count).